The molecule has 2 aromatic rings. The van der Waals surface area contributed by atoms with E-state index in [2.05, 4.69) is 0 Å². The maximum atomic E-state index is 12.4. The number of amides is 1. The first-order chi connectivity index (χ1) is 12.2. The zero-order valence-corrected chi connectivity index (χ0v) is 15.7. The van der Waals surface area contributed by atoms with Crippen LogP contribution in [0.25, 0.3) is 10.9 Å². The van der Waals surface area contributed by atoms with Gasteiger partial charge in [0.2, 0.25) is 0 Å². The molecule has 1 amide bonds. The minimum atomic E-state index is -1.04. The van der Waals surface area contributed by atoms with Crippen LogP contribution >= 0.6 is 0 Å². The molecular weight excluding hydrogens is 336 g/mol. The average Bonchev–Trinajstić information content (AvgIpc) is 2.84. The summed E-state index contributed by atoms with van der Waals surface area (Å²) < 4.78 is 12.8. The molecule has 0 saturated heterocycles. The molecule has 0 aliphatic rings. The number of primary amides is 1. The number of carbonyl (C=O) groups excluding carboxylic acids is 3. The minimum Gasteiger partial charge on any atom is -0.478 e. The summed E-state index contributed by atoms with van der Waals surface area (Å²) >= 11 is 0. The molecular formula is C19H24N2O5. The third kappa shape index (κ3) is 3.42. The van der Waals surface area contributed by atoms with Crippen molar-refractivity contribution in [3.05, 3.63) is 29.5 Å². The SMILES string of the molecule is CCOC(=O)C(Oc1cccc2c1c(C(=O)C(N)=O)c(C)n2C)C(C)C. The van der Waals surface area contributed by atoms with E-state index in [1.54, 1.807) is 37.6 Å². The molecule has 1 heterocycles. The number of fused-ring (bicyclic) bond motifs is 1. The lowest BCUT2D eigenvalue weighted by atomic mass is 10.0. The highest BCUT2D eigenvalue weighted by molar-refractivity contribution is 6.45. The lowest BCUT2D eigenvalue weighted by molar-refractivity contribution is -0.153. The lowest BCUT2D eigenvalue weighted by Crippen LogP contribution is -2.34. The van der Waals surface area contributed by atoms with Crippen LogP contribution in [0.5, 0.6) is 5.75 Å². The predicted molar refractivity (Wildman–Crippen MR) is 97.1 cm³/mol. The Hall–Kier alpha value is -2.83. The molecule has 0 aliphatic heterocycles. The fourth-order valence-corrected chi connectivity index (χ4v) is 2.90. The summed E-state index contributed by atoms with van der Waals surface area (Å²) in [4.78, 5) is 36.1. The van der Waals surface area contributed by atoms with Crippen LogP contribution in [0.15, 0.2) is 18.2 Å². The van der Waals surface area contributed by atoms with E-state index in [1.165, 1.54) is 0 Å². The normalized spacial score (nSPS) is 12.2. The summed E-state index contributed by atoms with van der Waals surface area (Å²) in [5.74, 6) is -2.12. The van der Waals surface area contributed by atoms with Gasteiger partial charge in [-0.3, -0.25) is 9.59 Å². The third-order valence-electron chi connectivity index (χ3n) is 4.31. The van der Waals surface area contributed by atoms with Gasteiger partial charge in [-0.25, -0.2) is 4.79 Å². The summed E-state index contributed by atoms with van der Waals surface area (Å²) in [5.41, 5.74) is 6.70. The lowest BCUT2D eigenvalue weighted by Gasteiger charge is -2.21. The van der Waals surface area contributed by atoms with Crippen molar-refractivity contribution in [1.29, 1.82) is 0 Å². The van der Waals surface area contributed by atoms with Crippen molar-refractivity contribution in [3.8, 4) is 5.75 Å². The number of hydrogen-bond acceptors (Lipinski definition) is 5. The highest BCUT2D eigenvalue weighted by Gasteiger charge is 2.29. The van der Waals surface area contributed by atoms with Crippen molar-refractivity contribution in [2.24, 2.45) is 18.7 Å². The number of aromatic nitrogens is 1. The van der Waals surface area contributed by atoms with Gasteiger partial charge in [0.25, 0.3) is 11.7 Å². The zero-order chi connectivity index (χ0) is 19.6. The molecule has 0 spiro atoms. The molecule has 0 bridgehead atoms. The molecule has 1 unspecified atom stereocenters. The Bertz CT molecular complexity index is 866. The van der Waals surface area contributed by atoms with Crippen molar-refractivity contribution >= 4 is 28.6 Å². The fourth-order valence-electron chi connectivity index (χ4n) is 2.90. The number of hydrogen-bond donors (Lipinski definition) is 1. The number of ketones is 1. The van der Waals surface area contributed by atoms with Gasteiger partial charge < -0.3 is 19.8 Å². The number of nitrogens with zero attached hydrogens (tertiary/aromatic N) is 1. The number of esters is 1. The molecule has 140 valence electrons. The first-order valence-corrected chi connectivity index (χ1v) is 8.46. The molecule has 26 heavy (non-hydrogen) atoms. The summed E-state index contributed by atoms with van der Waals surface area (Å²) in [6.07, 6.45) is -0.836. The quantitative estimate of drug-likeness (QED) is 0.463. The van der Waals surface area contributed by atoms with E-state index in [-0.39, 0.29) is 18.1 Å². The second-order valence-electron chi connectivity index (χ2n) is 6.40. The van der Waals surface area contributed by atoms with Crippen molar-refractivity contribution in [2.75, 3.05) is 6.61 Å². The molecule has 1 atom stereocenters. The molecule has 7 nitrogen and oxygen atoms in total. The van der Waals surface area contributed by atoms with Crippen LogP contribution < -0.4 is 10.5 Å². The number of nitrogens with two attached hydrogens (primary N) is 1. The van der Waals surface area contributed by atoms with Crippen LogP contribution in [-0.4, -0.2) is 34.9 Å². The monoisotopic (exact) mass is 360 g/mol. The summed E-state index contributed by atoms with van der Waals surface area (Å²) in [6, 6.07) is 5.23. The van der Waals surface area contributed by atoms with Gasteiger partial charge in [0, 0.05) is 18.7 Å². The number of rotatable bonds is 7. The largest absolute Gasteiger partial charge is 0.478 e. The van der Waals surface area contributed by atoms with Crippen LogP contribution in [0.2, 0.25) is 0 Å². The second-order valence-corrected chi connectivity index (χ2v) is 6.40. The van der Waals surface area contributed by atoms with Gasteiger partial charge in [0.05, 0.1) is 23.1 Å². The highest BCUT2D eigenvalue weighted by atomic mass is 16.6. The van der Waals surface area contributed by atoms with Gasteiger partial charge in [0.15, 0.2) is 6.10 Å². The molecule has 0 radical (unpaired) electrons. The maximum Gasteiger partial charge on any atom is 0.347 e. The van der Waals surface area contributed by atoms with Crippen molar-refractivity contribution in [1.82, 2.24) is 4.57 Å². The Labute approximate surface area is 152 Å². The van der Waals surface area contributed by atoms with Gasteiger partial charge >= 0.3 is 5.97 Å². The van der Waals surface area contributed by atoms with E-state index in [4.69, 9.17) is 15.2 Å². The Balaban J connectivity index is 2.64. The molecule has 1 aromatic heterocycles. The second kappa shape index (κ2) is 7.59. The third-order valence-corrected chi connectivity index (χ3v) is 4.31. The molecule has 7 heteroatoms. The molecule has 0 fully saturated rings. The number of aryl methyl sites for hydroxylation is 1. The Morgan fingerprint density at radius 3 is 2.42 bits per heavy atom. The molecule has 0 aliphatic carbocycles. The van der Waals surface area contributed by atoms with E-state index in [0.29, 0.717) is 22.3 Å². The molecule has 2 rings (SSSR count). The summed E-state index contributed by atoms with van der Waals surface area (Å²) in [7, 11) is 1.78. The Kier molecular flexibility index (Phi) is 5.69. The molecule has 2 N–H and O–H groups in total. The van der Waals surface area contributed by atoms with E-state index in [1.807, 2.05) is 19.9 Å². The van der Waals surface area contributed by atoms with Crippen molar-refractivity contribution < 1.29 is 23.9 Å². The topological polar surface area (TPSA) is 101 Å². The van der Waals surface area contributed by atoms with Crippen LogP contribution in [0.3, 0.4) is 0 Å². The number of Topliss-reactive ketones (excluding diaryl/α,β-unsaturated/α-hetero) is 1. The standard InChI is InChI=1S/C19H24N2O5/c1-6-25-19(24)17(10(2)3)26-13-9-7-8-12-15(13)14(11(4)21(12)5)16(22)18(20)23/h7-10,17H,6H2,1-5H3,(H2,20,23). The zero-order valence-electron chi connectivity index (χ0n) is 15.7. The van der Waals surface area contributed by atoms with Crippen LogP contribution in [0.4, 0.5) is 0 Å². The Morgan fingerprint density at radius 2 is 1.88 bits per heavy atom. The van der Waals surface area contributed by atoms with Gasteiger partial charge in [-0.2, -0.15) is 0 Å². The first-order valence-electron chi connectivity index (χ1n) is 8.46. The van der Waals surface area contributed by atoms with E-state index in [9.17, 15) is 14.4 Å². The minimum absolute atomic E-state index is 0.149. The van der Waals surface area contributed by atoms with E-state index in [0.717, 1.165) is 0 Å². The smallest absolute Gasteiger partial charge is 0.347 e. The number of benzene rings is 1. The number of carbonyl (C=O) groups is 3. The van der Waals surface area contributed by atoms with Crippen molar-refractivity contribution in [2.45, 2.75) is 33.8 Å². The first kappa shape index (κ1) is 19.5. The van der Waals surface area contributed by atoms with Crippen LogP contribution in [0.1, 0.15) is 36.8 Å². The molecule has 1 aromatic carbocycles. The maximum absolute atomic E-state index is 12.4. The molecule has 0 saturated carbocycles. The van der Waals surface area contributed by atoms with Crippen LogP contribution in [-0.2, 0) is 21.4 Å². The Morgan fingerprint density at radius 1 is 1.23 bits per heavy atom. The van der Waals surface area contributed by atoms with Gasteiger partial charge in [-0.05, 0) is 26.0 Å². The number of ether oxygens (including phenoxy) is 2. The summed E-state index contributed by atoms with van der Waals surface area (Å²) in [6.45, 7) is 7.37. The highest BCUT2D eigenvalue weighted by Crippen LogP contribution is 2.34. The van der Waals surface area contributed by atoms with E-state index >= 15 is 0 Å². The summed E-state index contributed by atoms with van der Waals surface area (Å²) in [5, 5.41) is 0.464. The van der Waals surface area contributed by atoms with Gasteiger partial charge in [-0.1, -0.05) is 19.9 Å². The average molecular weight is 360 g/mol. The van der Waals surface area contributed by atoms with E-state index < -0.39 is 23.8 Å². The fraction of sp³-hybridized carbons (Fsp3) is 0.421. The van der Waals surface area contributed by atoms with Gasteiger partial charge in [0.1, 0.15) is 5.75 Å². The van der Waals surface area contributed by atoms with Crippen molar-refractivity contribution in [3.63, 3.8) is 0 Å². The van der Waals surface area contributed by atoms with Crippen LogP contribution in [0, 0.1) is 12.8 Å². The predicted octanol–water partition coefficient (Wildman–Crippen LogP) is 2.12. The van der Waals surface area contributed by atoms with Gasteiger partial charge in [-0.15, -0.1) is 0 Å².